The van der Waals surface area contributed by atoms with Gasteiger partial charge in [-0.05, 0) is 48.7 Å². The van der Waals surface area contributed by atoms with Crippen molar-refractivity contribution in [1.29, 1.82) is 5.26 Å². The highest BCUT2D eigenvalue weighted by Gasteiger charge is 2.30. The van der Waals surface area contributed by atoms with E-state index in [-0.39, 0.29) is 11.8 Å². The summed E-state index contributed by atoms with van der Waals surface area (Å²) in [5, 5.41) is 16.1. The molecular formula is C22H18N6O. The molecule has 4 aromatic rings. The first-order valence-electron chi connectivity index (χ1n) is 9.51. The van der Waals surface area contributed by atoms with Gasteiger partial charge >= 0.3 is 0 Å². The van der Waals surface area contributed by atoms with Crippen LogP contribution in [0.5, 0.6) is 0 Å². The zero-order valence-electron chi connectivity index (χ0n) is 15.6. The Bertz CT molecular complexity index is 1240. The van der Waals surface area contributed by atoms with Crippen molar-refractivity contribution in [3.63, 3.8) is 0 Å². The van der Waals surface area contributed by atoms with Crippen molar-refractivity contribution in [1.82, 2.24) is 19.2 Å². The summed E-state index contributed by atoms with van der Waals surface area (Å²) in [6.07, 6.45) is 7.79. The highest BCUT2D eigenvalue weighted by molar-refractivity contribution is 5.93. The van der Waals surface area contributed by atoms with Crippen molar-refractivity contribution in [2.75, 3.05) is 5.32 Å². The third-order valence-corrected chi connectivity index (χ3v) is 5.06. The fraction of sp³-hybridized carbons (Fsp3) is 0.182. The highest BCUT2D eigenvalue weighted by Crippen LogP contribution is 2.30. The molecule has 0 bridgehead atoms. The first-order valence-corrected chi connectivity index (χ1v) is 9.51. The average molecular weight is 382 g/mol. The van der Waals surface area contributed by atoms with Crippen LogP contribution in [-0.2, 0) is 11.3 Å². The second kappa shape index (κ2) is 6.91. The molecule has 1 aliphatic carbocycles. The summed E-state index contributed by atoms with van der Waals surface area (Å²) in [4.78, 5) is 16.5. The van der Waals surface area contributed by atoms with Gasteiger partial charge in [-0.1, -0.05) is 12.1 Å². The Hall–Kier alpha value is -3.92. The number of nitriles is 1. The molecule has 0 radical (unpaired) electrons. The molecule has 1 saturated carbocycles. The van der Waals surface area contributed by atoms with Crippen LogP contribution in [0.4, 0.5) is 5.95 Å². The zero-order valence-corrected chi connectivity index (χ0v) is 15.6. The van der Waals surface area contributed by atoms with Gasteiger partial charge in [-0.2, -0.15) is 10.2 Å². The number of benzene rings is 1. The van der Waals surface area contributed by atoms with E-state index in [1.54, 1.807) is 4.52 Å². The second-order valence-electron chi connectivity index (χ2n) is 7.27. The van der Waals surface area contributed by atoms with Gasteiger partial charge in [0.2, 0.25) is 11.9 Å². The van der Waals surface area contributed by atoms with E-state index >= 15 is 0 Å². The number of anilines is 1. The van der Waals surface area contributed by atoms with Crippen molar-refractivity contribution in [2.45, 2.75) is 19.4 Å². The van der Waals surface area contributed by atoms with Crippen LogP contribution in [-0.4, -0.2) is 25.1 Å². The average Bonchev–Trinajstić information content (AvgIpc) is 3.36. The van der Waals surface area contributed by atoms with E-state index in [0.717, 1.165) is 29.5 Å². The molecule has 29 heavy (non-hydrogen) atoms. The third-order valence-electron chi connectivity index (χ3n) is 5.06. The summed E-state index contributed by atoms with van der Waals surface area (Å²) in [7, 11) is 0. The molecule has 0 aliphatic heterocycles. The summed E-state index contributed by atoms with van der Waals surface area (Å²) in [6.45, 7) is 0.713. The number of pyridine rings is 1. The molecule has 1 N–H and O–H groups in total. The number of carbonyl (C=O) groups excluding carboxylic acids is 1. The maximum absolute atomic E-state index is 12.0. The molecule has 142 valence electrons. The Kier molecular flexibility index (Phi) is 4.10. The van der Waals surface area contributed by atoms with E-state index in [9.17, 15) is 4.79 Å². The monoisotopic (exact) mass is 382 g/mol. The first-order chi connectivity index (χ1) is 14.2. The van der Waals surface area contributed by atoms with Crippen LogP contribution in [0.25, 0.3) is 16.8 Å². The molecular weight excluding hydrogens is 364 g/mol. The zero-order chi connectivity index (χ0) is 19.8. The maximum Gasteiger partial charge on any atom is 0.249 e. The Morgan fingerprint density at radius 2 is 2.00 bits per heavy atom. The van der Waals surface area contributed by atoms with Crippen LogP contribution in [0.15, 0.2) is 61.1 Å². The number of amides is 1. The van der Waals surface area contributed by atoms with Gasteiger partial charge in [0.15, 0.2) is 5.65 Å². The van der Waals surface area contributed by atoms with Gasteiger partial charge in [-0.15, -0.1) is 5.10 Å². The molecule has 3 aromatic heterocycles. The van der Waals surface area contributed by atoms with E-state index in [2.05, 4.69) is 32.2 Å². The summed E-state index contributed by atoms with van der Waals surface area (Å²) < 4.78 is 3.78. The van der Waals surface area contributed by atoms with Crippen LogP contribution in [0.1, 0.15) is 24.0 Å². The topological polar surface area (TPSA) is 88.0 Å². The second-order valence-corrected chi connectivity index (χ2v) is 7.27. The Balaban J connectivity index is 1.40. The van der Waals surface area contributed by atoms with Crippen molar-refractivity contribution < 1.29 is 4.79 Å². The van der Waals surface area contributed by atoms with Crippen molar-refractivity contribution in [3.05, 3.63) is 72.2 Å². The van der Waals surface area contributed by atoms with Gasteiger partial charge in [0, 0.05) is 42.2 Å². The molecule has 1 amide bonds. The molecule has 0 saturated heterocycles. The Labute approximate surface area is 167 Å². The molecule has 1 fully saturated rings. The molecule has 1 aromatic carbocycles. The van der Waals surface area contributed by atoms with Crippen LogP contribution < -0.4 is 5.32 Å². The highest BCUT2D eigenvalue weighted by atomic mass is 16.2. The fourth-order valence-electron chi connectivity index (χ4n) is 3.34. The number of aromatic nitrogens is 4. The molecule has 7 nitrogen and oxygen atoms in total. The molecule has 0 unspecified atom stereocenters. The number of hydrogen-bond donors (Lipinski definition) is 1. The minimum atomic E-state index is -0.00368. The minimum absolute atomic E-state index is 0.00368. The number of hydrogen-bond acceptors (Lipinski definition) is 4. The van der Waals surface area contributed by atoms with Crippen molar-refractivity contribution in [3.8, 4) is 17.2 Å². The predicted molar refractivity (Wildman–Crippen MR) is 108 cm³/mol. The van der Waals surface area contributed by atoms with Crippen LogP contribution in [0.2, 0.25) is 0 Å². The molecule has 0 spiro atoms. The number of nitrogens with one attached hydrogen (secondary N) is 1. The van der Waals surface area contributed by atoms with E-state index < -0.39 is 0 Å². The van der Waals surface area contributed by atoms with Gasteiger partial charge in [0.1, 0.15) is 0 Å². The lowest BCUT2D eigenvalue weighted by atomic mass is 10.1. The molecule has 1 aliphatic rings. The van der Waals surface area contributed by atoms with E-state index in [1.165, 1.54) is 0 Å². The summed E-state index contributed by atoms with van der Waals surface area (Å²) >= 11 is 0. The van der Waals surface area contributed by atoms with Gasteiger partial charge in [-0.25, -0.2) is 4.52 Å². The first kappa shape index (κ1) is 17.2. The number of carbonyl (C=O) groups is 1. The van der Waals surface area contributed by atoms with Gasteiger partial charge < -0.3 is 4.57 Å². The molecule has 0 atom stereocenters. The SMILES string of the molecule is N#Cc1ccc(Cn2ccc(-c3cccn4nc(NC(=O)C5CC5)nc34)c2)cc1. The quantitative estimate of drug-likeness (QED) is 0.572. The maximum atomic E-state index is 12.0. The van der Waals surface area contributed by atoms with Crippen molar-refractivity contribution >= 4 is 17.5 Å². The number of rotatable bonds is 5. The largest absolute Gasteiger partial charge is 0.349 e. The lowest BCUT2D eigenvalue weighted by molar-refractivity contribution is -0.117. The third kappa shape index (κ3) is 3.48. The number of fused-ring (bicyclic) bond motifs is 1. The van der Waals surface area contributed by atoms with Gasteiger partial charge in [0.05, 0.1) is 11.6 Å². The van der Waals surface area contributed by atoms with E-state index in [1.807, 2.05) is 54.9 Å². The van der Waals surface area contributed by atoms with E-state index in [4.69, 9.17) is 5.26 Å². The minimum Gasteiger partial charge on any atom is -0.349 e. The van der Waals surface area contributed by atoms with Gasteiger partial charge in [-0.3, -0.25) is 10.1 Å². The van der Waals surface area contributed by atoms with Gasteiger partial charge in [0.25, 0.3) is 0 Å². The van der Waals surface area contributed by atoms with Crippen LogP contribution in [0, 0.1) is 17.2 Å². The fourth-order valence-corrected chi connectivity index (χ4v) is 3.34. The molecule has 7 heteroatoms. The normalized spacial score (nSPS) is 13.3. The lowest BCUT2D eigenvalue weighted by Gasteiger charge is -2.03. The summed E-state index contributed by atoms with van der Waals surface area (Å²) in [5.74, 6) is 0.444. The smallest absolute Gasteiger partial charge is 0.249 e. The Morgan fingerprint density at radius 3 is 2.76 bits per heavy atom. The molecule has 3 heterocycles. The lowest BCUT2D eigenvalue weighted by Crippen LogP contribution is -2.14. The standard InChI is InChI=1S/C22H18N6O/c23-12-15-3-5-16(6-4-15)13-27-11-9-18(14-27)19-2-1-10-28-20(19)24-22(26-28)25-21(29)17-7-8-17/h1-6,9-11,14,17H,7-8,13H2,(H,25,26,29). The Morgan fingerprint density at radius 1 is 1.17 bits per heavy atom. The van der Waals surface area contributed by atoms with Crippen LogP contribution >= 0.6 is 0 Å². The molecule has 5 rings (SSSR count). The van der Waals surface area contributed by atoms with Crippen LogP contribution in [0.3, 0.4) is 0 Å². The predicted octanol–water partition coefficient (Wildman–Crippen LogP) is 3.47. The summed E-state index contributed by atoms with van der Waals surface area (Å²) in [6, 6.07) is 15.7. The summed E-state index contributed by atoms with van der Waals surface area (Å²) in [5.41, 5.74) is 4.46. The number of nitrogens with zero attached hydrogens (tertiary/aromatic N) is 5. The van der Waals surface area contributed by atoms with E-state index in [0.29, 0.717) is 23.7 Å². The van der Waals surface area contributed by atoms with Crippen molar-refractivity contribution in [2.24, 2.45) is 5.92 Å².